The average Bonchev–Trinajstić information content (AvgIpc) is 2.47. The molecule has 2 nitrogen and oxygen atoms in total. The molecule has 0 aromatic heterocycles. The van der Waals surface area contributed by atoms with Gasteiger partial charge < -0.3 is 5.11 Å². The molecule has 0 fully saturated rings. The van der Waals surface area contributed by atoms with Gasteiger partial charge in [-0.1, -0.05) is 54.6 Å². The predicted octanol–water partition coefficient (Wildman–Crippen LogP) is 4.51. The first kappa shape index (κ1) is 12.4. The predicted molar refractivity (Wildman–Crippen MR) is 81.1 cm³/mol. The van der Waals surface area contributed by atoms with Crippen LogP contribution in [0.25, 0.3) is 21.9 Å². The van der Waals surface area contributed by atoms with Crippen molar-refractivity contribution in [2.24, 2.45) is 0 Å². The Kier molecular flexibility index (Phi) is 2.99. The summed E-state index contributed by atoms with van der Waals surface area (Å²) >= 11 is 0. The molecule has 0 spiro atoms. The maximum Gasteiger partial charge on any atom is 0.335 e. The molecule has 0 unspecified atom stereocenters. The summed E-state index contributed by atoms with van der Waals surface area (Å²) in [4.78, 5) is 11.3. The molecule has 3 rings (SSSR count). The van der Waals surface area contributed by atoms with Crippen molar-refractivity contribution in [3.8, 4) is 11.1 Å². The van der Waals surface area contributed by atoms with Crippen LogP contribution in [0.1, 0.15) is 15.9 Å². The number of aryl methyl sites for hydroxylation is 1. The van der Waals surface area contributed by atoms with E-state index in [0.717, 1.165) is 27.5 Å². The minimum absolute atomic E-state index is 0.357. The van der Waals surface area contributed by atoms with Gasteiger partial charge in [-0.25, -0.2) is 4.79 Å². The lowest BCUT2D eigenvalue weighted by Gasteiger charge is -2.09. The van der Waals surface area contributed by atoms with Crippen molar-refractivity contribution in [1.29, 1.82) is 0 Å². The lowest BCUT2D eigenvalue weighted by molar-refractivity contribution is 0.0696. The van der Waals surface area contributed by atoms with Gasteiger partial charge in [0.25, 0.3) is 0 Å². The number of fused-ring (bicyclic) bond motifs is 1. The van der Waals surface area contributed by atoms with Crippen molar-refractivity contribution in [3.63, 3.8) is 0 Å². The maximum absolute atomic E-state index is 11.3. The molecular formula is C18H14O2. The van der Waals surface area contributed by atoms with Gasteiger partial charge in [0.2, 0.25) is 0 Å². The molecule has 0 bridgehead atoms. The van der Waals surface area contributed by atoms with E-state index in [2.05, 4.69) is 18.2 Å². The monoisotopic (exact) mass is 262 g/mol. The van der Waals surface area contributed by atoms with Gasteiger partial charge >= 0.3 is 5.97 Å². The molecule has 3 aromatic carbocycles. The highest BCUT2D eigenvalue weighted by Gasteiger charge is 2.10. The number of rotatable bonds is 2. The number of hydrogen-bond acceptors (Lipinski definition) is 1. The zero-order valence-corrected chi connectivity index (χ0v) is 11.1. The first-order valence-electron chi connectivity index (χ1n) is 6.49. The molecule has 0 aliphatic carbocycles. The minimum Gasteiger partial charge on any atom is -0.478 e. The molecule has 0 heterocycles. The molecule has 0 aliphatic rings. The summed E-state index contributed by atoms with van der Waals surface area (Å²) in [5.41, 5.74) is 3.13. The second-order valence-corrected chi connectivity index (χ2v) is 4.86. The molecule has 98 valence electrons. The fourth-order valence-electron chi connectivity index (χ4n) is 2.50. The van der Waals surface area contributed by atoms with Gasteiger partial charge in [0.1, 0.15) is 0 Å². The van der Waals surface area contributed by atoms with E-state index in [9.17, 15) is 9.90 Å². The quantitative estimate of drug-likeness (QED) is 0.737. The summed E-state index contributed by atoms with van der Waals surface area (Å²) < 4.78 is 0. The first-order valence-corrected chi connectivity index (χ1v) is 6.49. The van der Waals surface area contributed by atoms with Crippen molar-refractivity contribution in [2.75, 3.05) is 0 Å². The molecule has 2 heteroatoms. The van der Waals surface area contributed by atoms with Crippen LogP contribution in [0.3, 0.4) is 0 Å². The fraction of sp³-hybridized carbons (Fsp3) is 0.0556. The summed E-state index contributed by atoms with van der Waals surface area (Å²) in [6, 6.07) is 19.8. The van der Waals surface area contributed by atoms with Crippen LogP contribution in [-0.4, -0.2) is 11.1 Å². The van der Waals surface area contributed by atoms with Crippen molar-refractivity contribution in [2.45, 2.75) is 6.92 Å². The highest BCUT2D eigenvalue weighted by molar-refractivity contribution is 5.98. The Morgan fingerprint density at radius 3 is 2.50 bits per heavy atom. The molecule has 0 saturated carbocycles. The van der Waals surface area contributed by atoms with Gasteiger partial charge in [0.05, 0.1) is 5.56 Å². The van der Waals surface area contributed by atoms with E-state index < -0.39 is 5.97 Å². The first-order chi connectivity index (χ1) is 9.66. The van der Waals surface area contributed by atoms with Gasteiger partial charge in [-0.15, -0.1) is 0 Å². The van der Waals surface area contributed by atoms with E-state index in [0.29, 0.717) is 5.56 Å². The van der Waals surface area contributed by atoms with Crippen LogP contribution in [0.15, 0.2) is 60.7 Å². The lowest BCUT2D eigenvalue weighted by Crippen LogP contribution is -1.99. The number of aromatic carboxylic acids is 1. The normalized spacial score (nSPS) is 10.7. The van der Waals surface area contributed by atoms with Crippen LogP contribution in [0, 0.1) is 6.92 Å². The molecule has 20 heavy (non-hydrogen) atoms. The number of hydrogen-bond donors (Lipinski definition) is 1. The fourth-order valence-corrected chi connectivity index (χ4v) is 2.50. The van der Waals surface area contributed by atoms with Gasteiger partial charge in [0.15, 0.2) is 0 Å². The van der Waals surface area contributed by atoms with E-state index in [4.69, 9.17) is 0 Å². The molecule has 0 atom stereocenters. The number of carboxylic acid groups (broad SMARTS) is 1. The van der Waals surface area contributed by atoms with E-state index >= 15 is 0 Å². The van der Waals surface area contributed by atoms with Gasteiger partial charge in [-0.05, 0) is 40.5 Å². The van der Waals surface area contributed by atoms with Crippen LogP contribution in [-0.2, 0) is 0 Å². The molecule has 1 N–H and O–H groups in total. The van der Waals surface area contributed by atoms with E-state index in [1.807, 2.05) is 43.3 Å². The zero-order valence-electron chi connectivity index (χ0n) is 11.1. The van der Waals surface area contributed by atoms with Gasteiger partial charge in [0, 0.05) is 0 Å². The van der Waals surface area contributed by atoms with Crippen LogP contribution >= 0.6 is 0 Å². The van der Waals surface area contributed by atoms with E-state index in [1.54, 1.807) is 6.07 Å². The van der Waals surface area contributed by atoms with Gasteiger partial charge in [-0.2, -0.15) is 0 Å². The lowest BCUT2D eigenvalue weighted by atomic mass is 9.95. The van der Waals surface area contributed by atoms with Gasteiger partial charge in [-0.3, -0.25) is 0 Å². The number of carbonyl (C=O) groups is 1. The van der Waals surface area contributed by atoms with Crippen molar-refractivity contribution in [3.05, 3.63) is 71.8 Å². The maximum atomic E-state index is 11.3. The summed E-state index contributed by atoms with van der Waals surface area (Å²) in [6.45, 7) is 1.82. The highest BCUT2D eigenvalue weighted by atomic mass is 16.4. The van der Waals surface area contributed by atoms with Crippen LogP contribution in [0.5, 0.6) is 0 Å². The van der Waals surface area contributed by atoms with Crippen molar-refractivity contribution < 1.29 is 9.90 Å². The Hall–Kier alpha value is -2.61. The zero-order chi connectivity index (χ0) is 14.1. The topological polar surface area (TPSA) is 37.3 Å². The summed E-state index contributed by atoms with van der Waals surface area (Å²) in [5.74, 6) is -0.885. The van der Waals surface area contributed by atoms with Crippen LogP contribution in [0.4, 0.5) is 0 Å². The standard InChI is InChI=1S/C18H14O2/c1-12-9-10-14(11-17(12)18(19)20)16-8-4-6-13-5-2-3-7-15(13)16/h2-11H,1H3,(H,19,20). The highest BCUT2D eigenvalue weighted by Crippen LogP contribution is 2.29. The summed E-state index contributed by atoms with van der Waals surface area (Å²) in [5, 5.41) is 11.5. The Bertz CT molecular complexity index is 798. The molecule has 3 aromatic rings. The van der Waals surface area contributed by atoms with Crippen LogP contribution in [0.2, 0.25) is 0 Å². The second-order valence-electron chi connectivity index (χ2n) is 4.86. The van der Waals surface area contributed by atoms with E-state index in [1.165, 1.54) is 0 Å². The minimum atomic E-state index is -0.885. The number of benzene rings is 3. The van der Waals surface area contributed by atoms with Crippen molar-refractivity contribution in [1.82, 2.24) is 0 Å². The SMILES string of the molecule is Cc1ccc(-c2cccc3ccccc23)cc1C(=O)O. The summed E-state index contributed by atoms with van der Waals surface area (Å²) in [6.07, 6.45) is 0. The Balaban J connectivity index is 2.26. The molecular weight excluding hydrogens is 248 g/mol. The summed E-state index contributed by atoms with van der Waals surface area (Å²) in [7, 11) is 0. The average molecular weight is 262 g/mol. The molecule has 0 amide bonds. The smallest absolute Gasteiger partial charge is 0.335 e. The van der Waals surface area contributed by atoms with E-state index in [-0.39, 0.29) is 0 Å². The molecule has 0 saturated heterocycles. The largest absolute Gasteiger partial charge is 0.478 e. The van der Waals surface area contributed by atoms with Crippen LogP contribution < -0.4 is 0 Å². The Morgan fingerprint density at radius 2 is 1.70 bits per heavy atom. The third kappa shape index (κ3) is 2.05. The third-order valence-electron chi connectivity index (χ3n) is 3.57. The third-order valence-corrected chi connectivity index (χ3v) is 3.57. The number of carboxylic acids is 1. The Morgan fingerprint density at radius 1 is 0.950 bits per heavy atom. The van der Waals surface area contributed by atoms with Crippen molar-refractivity contribution >= 4 is 16.7 Å². The molecule has 0 radical (unpaired) electrons. The Labute approximate surface area is 117 Å². The molecule has 0 aliphatic heterocycles. The second kappa shape index (κ2) is 4.82.